The average molecular weight is 211 g/mol. The third kappa shape index (κ3) is 2.47. The maximum Gasteiger partial charge on any atom is 0.0979 e. The minimum atomic E-state index is 0.129. The van der Waals surface area contributed by atoms with Crippen LogP contribution in [0.3, 0.4) is 0 Å². The highest BCUT2D eigenvalue weighted by atomic mass is 35.5. The second kappa shape index (κ2) is 4.78. The van der Waals surface area contributed by atoms with Crippen LogP contribution in [0.15, 0.2) is 30.3 Å². The largest absolute Gasteiger partial charge is 0.313 e. The van der Waals surface area contributed by atoms with E-state index in [0.717, 1.165) is 26.2 Å². The van der Waals surface area contributed by atoms with Crippen molar-refractivity contribution in [2.24, 2.45) is 0 Å². The first-order valence-electron chi connectivity index (χ1n) is 4.99. The van der Waals surface area contributed by atoms with E-state index < -0.39 is 0 Å². The van der Waals surface area contributed by atoms with Crippen molar-refractivity contribution in [2.45, 2.75) is 12.0 Å². The molecule has 0 aliphatic carbocycles. The summed E-state index contributed by atoms with van der Waals surface area (Å²) in [4.78, 5) is 2.30. The van der Waals surface area contributed by atoms with Crippen LogP contribution in [0.1, 0.15) is 5.56 Å². The third-order valence-electron chi connectivity index (χ3n) is 2.51. The van der Waals surface area contributed by atoms with Crippen LogP contribution in [0, 0.1) is 0 Å². The topological polar surface area (TPSA) is 15.3 Å². The molecule has 1 aromatic carbocycles. The van der Waals surface area contributed by atoms with Gasteiger partial charge in [-0.3, -0.25) is 4.90 Å². The van der Waals surface area contributed by atoms with Crippen LogP contribution in [-0.2, 0) is 6.54 Å². The van der Waals surface area contributed by atoms with E-state index >= 15 is 0 Å². The number of alkyl halides is 1. The van der Waals surface area contributed by atoms with Gasteiger partial charge in [0, 0.05) is 26.2 Å². The normalized spacial score (nSPS) is 23.6. The first-order valence-corrected chi connectivity index (χ1v) is 5.42. The Balaban J connectivity index is 1.96. The van der Waals surface area contributed by atoms with Crippen LogP contribution in [0.5, 0.6) is 0 Å². The van der Waals surface area contributed by atoms with Gasteiger partial charge in [0.05, 0.1) is 5.50 Å². The van der Waals surface area contributed by atoms with Crippen LogP contribution in [0.2, 0.25) is 0 Å². The Labute approximate surface area is 89.9 Å². The second-order valence-corrected chi connectivity index (χ2v) is 4.10. The molecule has 1 heterocycles. The Kier molecular flexibility index (Phi) is 3.40. The second-order valence-electron chi connectivity index (χ2n) is 3.59. The monoisotopic (exact) mass is 210 g/mol. The molecule has 76 valence electrons. The molecule has 14 heavy (non-hydrogen) atoms. The van der Waals surface area contributed by atoms with E-state index in [1.54, 1.807) is 0 Å². The van der Waals surface area contributed by atoms with Crippen molar-refractivity contribution in [1.29, 1.82) is 0 Å². The molecule has 0 spiro atoms. The lowest BCUT2D eigenvalue weighted by atomic mass is 10.2. The third-order valence-corrected chi connectivity index (χ3v) is 2.94. The van der Waals surface area contributed by atoms with Gasteiger partial charge in [0.25, 0.3) is 0 Å². The predicted octanol–water partition coefficient (Wildman–Crippen LogP) is 1.66. The van der Waals surface area contributed by atoms with Gasteiger partial charge in [-0.05, 0) is 5.56 Å². The number of halogens is 1. The molecule has 2 rings (SSSR count). The maximum absolute atomic E-state index is 6.20. The molecule has 2 nitrogen and oxygen atoms in total. The molecule has 0 radical (unpaired) electrons. The SMILES string of the molecule is ClC1CNCCN1Cc1ccccc1. The molecule has 1 aliphatic heterocycles. The molecule has 1 atom stereocenters. The minimum Gasteiger partial charge on any atom is -0.313 e. The summed E-state index contributed by atoms with van der Waals surface area (Å²) in [5.74, 6) is 0. The van der Waals surface area contributed by atoms with Crippen molar-refractivity contribution < 1.29 is 0 Å². The van der Waals surface area contributed by atoms with E-state index in [4.69, 9.17) is 11.6 Å². The van der Waals surface area contributed by atoms with E-state index in [0.29, 0.717) is 0 Å². The standard InChI is InChI=1S/C11H15ClN2/c12-11-8-13-6-7-14(11)9-10-4-2-1-3-5-10/h1-5,11,13H,6-9H2. The Hall–Kier alpha value is -0.570. The Morgan fingerprint density at radius 1 is 1.36 bits per heavy atom. The van der Waals surface area contributed by atoms with Crippen molar-refractivity contribution in [1.82, 2.24) is 10.2 Å². The number of hydrogen-bond donors (Lipinski definition) is 1. The van der Waals surface area contributed by atoms with Crippen molar-refractivity contribution in [3.05, 3.63) is 35.9 Å². The number of rotatable bonds is 2. The molecule has 1 unspecified atom stereocenters. The molecule has 0 bridgehead atoms. The van der Waals surface area contributed by atoms with Gasteiger partial charge < -0.3 is 5.32 Å². The van der Waals surface area contributed by atoms with Crippen LogP contribution in [0.4, 0.5) is 0 Å². The van der Waals surface area contributed by atoms with E-state index in [2.05, 4.69) is 34.5 Å². The number of nitrogens with zero attached hydrogens (tertiary/aromatic N) is 1. The van der Waals surface area contributed by atoms with Gasteiger partial charge in [-0.25, -0.2) is 0 Å². The van der Waals surface area contributed by atoms with Crippen molar-refractivity contribution in [2.75, 3.05) is 19.6 Å². The molecule has 1 aliphatic rings. The fourth-order valence-electron chi connectivity index (χ4n) is 1.71. The van der Waals surface area contributed by atoms with Gasteiger partial charge in [0.2, 0.25) is 0 Å². The van der Waals surface area contributed by atoms with Gasteiger partial charge in [-0.1, -0.05) is 30.3 Å². The smallest absolute Gasteiger partial charge is 0.0979 e. The van der Waals surface area contributed by atoms with Crippen LogP contribution in [0.25, 0.3) is 0 Å². The number of nitrogens with one attached hydrogen (secondary N) is 1. The summed E-state index contributed by atoms with van der Waals surface area (Å²) in [5.41, 5.74) is 1.46. The lowest BCUT2D eigenvalue weighted by Crippen LogP contribution is -2.47. The van der Waals surface area contributed by atoms with Gasteiger partial charge in [-0.15, -0.1) is 11.6 Å². The summed E-state index contributed by atoms with van der Waals surface area (Å²) in [5, 5.41) is 3.28. The van der Waals surface area contributed by atoms with Gasteiger partial charge in [-0.2, -0.15) is 0 Å². The van der Waals surface area contributed by atoms with E-state index in [1.165, 1.54) is 5.56 Å². The first-order chi connectivity index (χ1) is 6.86. The van der Waals surface area contributed by atoms with E-state index in [-0.39, 0.29) is 5.50 Å². The highest BCUT2D eigenvalue weighted by molar-refractivity contribution is 6.20. The summed E-state index contributed by atoms with van der Waals surface area (Å²) >= 11 is 6.20. The predicted molar refractivity (Wildman–Crippen MR) is 59.4 cm³/mol. The molecule has 0 amide bonds. The zero-order valence-corrected chi connectivity index (χ0v) is 8.87. The Bertz CT molecular complexity index is 276. The highest BCUT2D eigenvalue weighted by Gasteiger charge is 2.19. The molecule has 1 saturated heterocycles. The average Bonchev–Trinajstić information content (AvgIpc) is 2.23. The van der Waals surface area contributed by atoms with Crippen molar-refractivity contribution in [3.8, 4) is 0 Å². The first kappa shape index (κ1) is 9.97. The zero-order valence-electron chi connectivity index (χ0n) is 8.12. The summed E-state index contributed by atoms with van der Waals surface area (Å²) in [7, 11) is 0. The molecule has 3 heteroatoms. The van der Waals surface area contributed by atoms with E-state index in [1.807, 2.05) is 6.07 Å². The fourth-order valence-corrected chi connectivity index (χ4v) is 1.98. The molecule has 1 aromatic rings. The summed E-state index contributed by atoms with van der Waals surface area (Å²) in [6.07, 6.45) is 0. The molecular formula is C11H15ClN2. The van der Waals surface area contributed by atoms with Crippen molar-refractivity contribution in [3.63, 3.8) is 0 Å². The quantitative estimate of drug-likeness (QED) is 0.590. The molecule has 1 N–H and O–H groups in total. The van der Waals surface area contributed by atoms with Crippen LogP contribution in [-0.4, -0.2) is 30.0 Å². The number of hydrogen-bond acceptors (Lipinski definition) is 2. The molecule has 0 saturated carbocycles. The van der Waals surface area contributed by atoms with Gasteiger partial charge in [0.1, 0.15) is 0 Å². The molecule has 1 fully saturated rings. The summed E-state index contributed by atoms with van der Waals surface area (Å²) in [6.45, 7) is 3.91. The molecule has 0 aromatic heterocycles. The fraction of sp³-hybridized carbons (Fsp3) is 0.455. The molecular weight excluding hydrogens is 196 g/mol. The Morgan fingerprint density at radius 3 is 2.86 bits per heavy atom. The Morgan fingerprint density at radius 2 is 2.14 bits per heavy atom. The highest BCUT2D eigenvalue weighted by Crippen LogP contribution is 2.12. The summed E-state index contributed by atoms with van der Waals surface area (Å²) in [6, 6.07) is 10.5. The van der Waals surface area contributed by atoms with Crippen LogP contribution < -0.4 is 5.32 Å². The lowest BCUT2D eigenvalue weighted by molar-refractivity contribution is 0.206. The lowest BCUT2D eigenvalue weighted by Gasteiger charge is -2.32. The zero-order chi connectivity index (χ0) is 9.80. The maximum atomic E-state index is 6.20. The van der Waals surface area contributed by atoms with E-state index in [9.17, 15) is 0 Å². The summed E-state index contributed by atoms with van der Waals surface area (Å²) < 4.78 is 0. The van der Waals surface area contributed by atoms with Crippen molar-refractivity contribution >= 4 is 11.6 Å². The van der Waals surface area contributed by atoms with Gasteiger partial charge >= 0.3 is 0 Å². The van der Waals surface area contributed by atoms with Crippen LogP contribution >= 0.6 is 11.6 Å². The number of piperazine rings is 1. The van der Waals surface area contributed by atoms with Gasteiger partial charge in [0.15, 0.2) is 0 Å². The number of benzene rings is 1. The minimum absolute atomic E-state index is 0.129.